The second-order valence-electron chi connectivity index (χ2n) is 9.33. The van der Waals surface area contributed by atoms with Gasteiger partial charge < -0.3 is 24.8 Å². The van der Waals surface area contributed by atoms with Crippen LogP contribution in [0.2, 0.25) is 0 Å². The van der Waals surface area contributed by atoms with E-state index in [1.165, 1.54) is 6.07 Å². The van der Waals surface area contributed by atoms with E-state index in [1.807, 2.05) is 19.3 Å². The Hall–Kier alpha value is -3.43. The number of nitrogens with zero attached hydrogens (tertiary/aromatic N) is 4. The summed E-state index contributed by atoms with van der Waals surface area (Å²) in [5, 5.41) is 27.6. The summed E-state index contributed by atoms with van der Waals surface area (Å²) in [7, 11) is 0. The van der Waals surface area contributed by atoms with E-state index in [2.05, 4.69) is 32.2 Å². The molecule has 36 heavy (non-hydrogen) atoms. The summed E-state index contributed by atoms with van der Waals surface area (Å²) in [5.41, 5.74) is 3.05. The number of nitrogens with one attached hydrogen (secondary N) is 1. The first-order valence-electron chi connectivity index (χ1n) is 12.5. The molecule has 0 saturated heterocycles. The predicted octanol–water partition coefficient (Wildman–Crippen LogP) is 4.39. The van der Waals surface area contributed by atoms with Crippen molar-refractivity contribution in [2.24, 2.45) is 0 Å². The molecule has 1 fully saturated rings. The van der Waals surface area contributed by atoms with E-state index in [4.69, 9.17) is 9.84 Å². The average molecular weight is 494 g/mol. The highest BCUT2D eigenvalue weighted by atomic mass is 19.1. The summed E-state index contributed by atoms with van der Waals surface area (Å²) in [6, 6.07) is 8.94. The molecule has 0 radical (unpaired) electrons. The molecule has 9 heteroatoms. The number of fused-ring (bicyclic) bond motifs is 1. The number of hydrogen-bond acceptors (Lipinski definition) is 6. The number of ether oxygens (including phenoxy) is 1. The molecule has 1 aliphatic rings. The van der Waals surface area contributed by atoms with E-state index in [-0.39, 0.29) is 31.1 Å². The topological polar surface area (TPSA) is 97.4 Å². The molecule has 4 aromatic rings. The molecule has 3 aromatic heterocycles. The highest BCUT2D eigenvalue weighted by molar-refractivity contribution is 5.96. The number of para-hydroxylation sites is 1. The predicted molar refractivity (Wildman–Crippen MR) is 137 cm³/mol. The molecular formula is C27H32FN5O3. The first-order chi connectivity index (χ1) is 17.6. The zero-order valence-electron chi connectivity index (χ0n) is 20.3. The second kappa shape index (κ2) is 10.7. The van der Waals surface area contributed by atoms with Crippen molar-refractivity contribution in [3.05, 3.63) is 60.9 Å². The standard InChI is InChI=1S/C27H32FN5O3/c1-2-29-27-11-25-22(13-30-27)23(18-12-31-32(14-18)15-20(35)17-34)16-33(25)19-7-9-21(10-8-19)36-26-6-4-3-5-24(26)28/h3-6,11-14,16,19-21,34-35H,2,7-10,15,17H2,1H3,(H,29,30). The van der Waals surface area contributed by atoms with Crippen LogP contribution in [-0.4, -0.2) is 54.9 Å². The van der Waals surface area contributed by atoms with E-state index < -0.39 is 6.10 Å². The summed E-state index contributed by atoms with van der Waals surface area (Å²) < 4.78 is 24.0. The molecule has 3 N–H and O–H groups in total. The molecule has 0 spiro atoms. The zero-order valence-corrected chi connectivity index (χ0v) is 20.3. The van der Waals surface area contributed by atoms with Crippen LogP contribution in [0, 0.1) is 5.82 Å². The van der Waals surface area contributed by atoms with Gasteiger partial charge in [-0.1, -0.05) is 12.1 Å². The maximum atomic E-state index is 14.0. The molecule has 0 bridgehead atoms. The highest BCUT2D eigenvalue weighted by Gasteiger charge is 2.26. The van der Waals surface area contributed by atoms with Gasteiger partial charge in [0.2, 0.25) is 0 Å². The van der Waals surface area contributed by atoms with Crippen LogP contribution in [0.5, 0.6) is 5.75 Å². The van der Waals surface area contributed by atoms with Crippen molar-refractivity contribution in [1.82, 2.24) is 19.3 Å². The Morgan fingerprint density at radius 1 is 1.17 bits per heavy atom. The Balaban J connectivity index is 1.41. The quantitative estimate of drug-likeness (QED) is 0.320. The van der Waals surface area contributed by atoms with Gasteiger partial charge in [-0.15, -0.1) is 0 Å². The van der Waals surface area contributed by atoms with Crippen LogP contribution in [0.1, 0.15) is 38.6 Å². The van der Waals surface area contributed by atoms with Gasteiger partial charge in [-0.3, -0.25) is 4.68 Å². The van der Waals surface area contributed by atoms with Crippen LogP contribution in [-0.2, 0) is 6.54 Å². The fourth-order valence-electron chi connectivity index (χ4n) is 4.99. The Morgan fingerprint density at radius 3 is 2.72 bits per heavy atom. The van der Waals surface area contributed by atoms with Crippen molar-refractivity contribution < 1.29 is 19.3 Å². The zero-order chi connectivity index (χ0) is 25.1. The largest absolute Gasteiger partial charge is 0.487 e. The lowest BCUT2D eigenvalue weighted by molar-refractivity contribution is 0.0783. The van der Waals surface area contributed by atoms with Crippen molar-refractivity contribution in [1.29, 1.82) is 0 Å². The molecule has 1 unspecified atom stereocenters. The number of rotatable bonds is 9. The maximum absolute atomic E-state index is 14.0. The van der Waals surface area contributed by atoms with Gasteiger partial charge >= 0.3 is 0 Å². The van der Waals surface area contributed by atoms with Gasteiger partial charge in [-0.2, -0.15) is 5.10 Å². The van der Waals surface area contributed by atoms with Gasteiger partial charge in [0, 0.05) is 53.8 Å². The van der Waals surface area contributed by atoms with Crippen LogP contribution in [0.4, 0.5) is 10.2 Å². The van der Waals surface area contributed by atoms with Gasteiger partial charge in [0.05, 0.1) is 37.1 Å². The lowest BCUT2D eigenvalue weighted by atomic mass is 9.92. The Kier molecular flexibility index (Phi) is 7.20. The molecule has 5 rings (SSSR count). The molecule has 1 aromatic carbocycles. The molecule has 0 amide bonds. The first kappa shape index (κ1) is 24.3. The summed E-state index contributed by atoms with van der Waals surface area (Å²) >= 11 is 0. The number of aromatic nitrogens is 4. The van der Waals surface area contributed by atoms with Crippen molar-refractivity contribution in [2.45, 2.75) is 57.4 Å². The summed E-state index contributed by atoms with van der Waals surface area (Å²) in [5.74, 6) is 0.824. The molecule has 8 nitrogen and oxygen atoms in total. The molecule has 1 atom stereocenters. The average Bonchev–Trinajstić information content (AvgIpc) is 3.50. The Morgan fingerprint density at radius 2 is 1.97 bits per heavy atom. The first-order valence-corrected chi connectivity index (χ1v) is 12.5. The number of anilines is 1. The highest BCUT2D eigenvalue weighted by Crippen LogP contribution is 2.38. The molecular weight excluding hydrogens is 461 g/mol. The van der Waals surface area contributed by atoms with E-state index in [1.54, 1.807) is 29.1 Å². The molecule has 0 aliphatic heterocycles. The second-order valence-corrected chi connectivity index (χ2v) is 9.33. The SMILES string of the molecule is CCNc1cc2c(cn1)c(-c1cnn(CC(O)CO)c1)cn2C1CCC(Oc2ccccc2F)CC1. The number of hydrogen-bond donors (Lipinski definition) is 3. The Bertz CT molecular complexity index is 1310. The minimum absolute atomic E-state index is 0.00498. The summed E-state index contributed by atoms with van der Waals surface area (Å²) in [6.07, 6.45) is 10.4. The number of aliphatic hydroxyl groups excluding tert-OH is 2. The van der Waals surface area contributed by atoms with Crippen molar-refractivity contribution in [2.75, 3.05) is 18.5 Å². The molecule has 3 heterocycles. The summed E-state index contributed by atoms with van der Waals surface area (Å²) in [4.78, 5) is 4.60. The third-order valence-electron chi connectivity index (χ3n) is 6.80. The molecule has 1 aliphatic carbocycles. The third kappa shape index (κ3) is 5.08. The fraction of sp³-hybridized carbons (Fsp3) is 0.407. The van der Waals surface area contributed by atoms with Crippen molar-refractivity contribution in [3.8, 4) is 16.9 Å². The van der Waals surface area contributed by atoms with Crippen molar-refractivity contribution in [3.63, 3.8) is 0 Å². The van der Waals surface area contributed by atoms with Crippen LogP contribution < -0.4 is 10.1 Å². The lowest BCUT2D eigenvalue weighted by Gasteiger charge is -2.30. The summed E-state index contributed by atoms with van der Waals surface area (Å²) in [6.45, 7) is 2.74. The van der Waals surface area contributed by atoms with E-state index in [0.29, 0.717) is 5.75 Å². The van der Waals surface area contributed by atoms with Crippen LogP contribution in [0.3, 0.4) is 0 Å². The molecule has 1 saturated carbocycles. The minimum Gasteiger partial charge on any atom is -0.487 e. The number of pyridine rings is 1. The van der Waals surface area contributed by atoms with Gasteiger partial charge in [-0.25, -0.2) is 9.37 Å². The Labute approximate surface area is 209 Å². The smallest absolute Gasteiger partial charge is 0.165 e. The van der Waals surface area contributed by atoms with E-state index in [9.17, 15) is 9.50 Å². The fourth-order valence-corrected chi connectivity index (χ4v) is 4.99. The maximum Gasteiger partial charge on any atom is 0.165 e. The normalized spacial score (nSPS) is 18.9. The van der Waals surface area contributed by atoms with Gasteiger partial charge in [0.25, 0.3) is 0 Å². The van der Waals surface area contributed by atoms with E-state index in [0.717, 1.165) is 60.1 Å². The van der Waals surface area contributed by atoms with Crippen LogP contribution in [0.25, 0.3) is 22.0 Å². The monoisotopic (exact) mass is 493 g/mol. The van der Waals surface area contributed by atoms with Crippen LogP contribution >= 0.6 is 0 Å². The lowest BCUT2D eigenvalue weighted by Crippen LogP contribution is -2.25. The van der Waals surface area contributed by atoms with Gasteiger partial charge in [0.15, 0.2) is 11.6 Å². The number of halogens is 1. The number of benzene rings is 1. The van der Waals surface area contributed by atoms with E-state index >= 15 is 0 Å². The minimum atomic E-state index is -0.856. The molecule has 190 valence electrons. The van der Waals surface area contributed by atoms with Gasteiger partial charge in [-0.05, 0) is 44.7 Å². The van der Waals surface area contributed by atoms with Crippen LogP contribution in [0.15, 0.2) is 55.1 Å². The van der Waals surface area contributed by atoms with Gasteiger partial charge in [0.1, 0.15) is 5.82 Å². The third-order valence-corrected chi connectivity index (χ3v) is 6.80. The van der Waals surface area contributed by atoms with Crippen molar-refractivity contribution >= 4 is 16.7 Å². The number of aliphatic hydroxyl groups is 2.